The first-order valence-electron chi connectivity index (χ1n) is 21.1. The summed E-state index contributed by atoms with van der Waals surface area (Å²) in [4.78, 5) is 28.4. The first kappa shape index (κ1) is 45.8. The molecule has 3 fully saturated rings. The molecule has 6 heterocycles. The van der Waals surface area contributed by atoms with Crippen molar-refractivity contribution in [3.63, 3.8) is 0 Å². The van der Waals surface area contributed by atoms with E-state index < -0.39 is 0 Å². The van der Waals surface area contributed by atoms with Gasteiger partial charge in [0, 0.05) is 43.0 Å². The summed E-state index contributed by atoms with van der Waals surface area (Å²) in [5, 5.41) is 9.76. The van der Waals surface area contributed by atoms with Crippen LogP contribution in [0.4, 0.5) is 17.5 Å². The molecule has 6 aromatic rings. The van der Waals surface area contributed by atoms with E-state index in [0.717, 1.165) is 95.9 Å². The molecule has 342 valence electrons. The molecule has 4 atom stereocenters. The zero-order chi connectivity index (χ0) is 45.4. The minimum absolute atomic E-state index is 0.103. The van der Waals surface area contributed by atoms with Crippen LogP contribution in [-0.2, 0) is 14.2 Å². The first-order valence-corrected chi connectivity index (χ1v) is 21.1. The molecule has 0 amide bonds. The number of hydrogen-bond donors (Lipinski definition) is 2. The SMILES string of the molecule is COc1ccc2c(N(C)[C@H]3CCOC3)ncnc2c1OC.COc1ccc2c(NC3(C)CCOC3)ncnc2c1OC.COc1ccc2c(NC3(C)CCOC3C)ncnc2c1OC. The highest BCUT2D eigenvalue weighted by Crippen LogP contribution is 2.40. The summed E-state index contributed by atoms with van der Waals surface area (Å²) in [5.41, 5.74) is 1.97. The lowest BCUT2D eigenvalue weighted by Gasteiger charge is -2.30. The van der Waals surface area contributed by atoms with Gasteiger partial charge in [0.1, 0.15) is 53.0 Å². The van der Waals surface area contributed by atoms with Gasteiger partial charge >= 0.3 is 0 Å². The van der Waals surface area contributed by atoms with E-state index in [2.05, 4.69) is 66.2 Å². The molecule has 3 saturated heterocycles. The Balaban J connectivity index is 0.000000144. The van der Waals surface area contributed by atoms with Gasteiger partial charge in [-0.15, -0.1) is 0 Å². The Labute approximate surface area is 373 Å². The van der Waals surface area contributed by atoms with Crippen LogP contribution in [0.3, 0.4) is 0 Å². The predicted octanol–water partition coefficient (Wildman–Crippen LogP) is 6.74. The fourth-order valence-corrected chi connectivity index (χ4v) is 8.12. The van der Waals surface area contributed by atoms with Gasteiger partial charge in [-0.05, 0) is 76.4 Å². The lowest BCUT2D eigenvalue weighted by Crippen LogP contribution is -2.41. The van der Waals surface area contributed by atoms with Crippen molar-refractivity contribution in [1.82, 2.24) is 29.9 Å². The molecule has 0 spiro atoms. The van der Waals surface area contributed by atoms with E-state index >= 15 is 0 Å². The fourth-order valence-electron chi connectivity index (χ4n) is 8.12. The van der Waals surface area contributed by atoms with Crippen LogP contribution in [0.15, 0.2) is 55.4 Å². The van der Waals surface area contributed by atoms with Gasteiger partial charge in [-0.1, -0.05) is 0 Å². The minimum Gasteiger partial charge on any atom is -0.493 e. The van der Waals surface area contributed by atoms with E-state index in [0.29, 0.717) is 47.1 Å². The highest BCUT2D eigenvalue weighted by atomic mass is 16.5. The van der Waals surface area contributed by atoms with Crippen LogP contribution in [0.5, 0.6) is 34.5 Å². The molecular formula is C46H59N9O9. The summed E-state index contributed by atoms with van der Waals surface area (Å²) < 4.78 is 48.9. The number of rotatable bonds is 12. The van der Waals surface area contributed by atoms with Crippen LogP contribution in [0.2, 0.25) is 0 Å². The van der Waals surface area contributed by atoms with Gasteiger partial charge in [0.25, 0.3) is 0 Å². The Morgan fingerprint density at radius 3 is 1.56 bits per heavy atom. The zero-order valence-electron chi connectivity index (χ0n) is 38.3. The van der Waals surface area contributed by atoms with E-state index in [4.69, 9.17) is 42.6 Å². The summed E-state index contributed by atoms with van der Waals surface area (Å²) in [7, 11) is 11.7. The number of hydrogen-bond acceptors (Lipinski definition) is 18. The summed E-state index contributed by atoms with van der Waals surface area (Å²) in [6.45, 7) is 10.1. The van der Waals surface area contributed by atoms with Crippen LogP contribution in [0.1, 0.15) is 40.0 Å². The van der Waals surface area contributed by atoms with Crippen LogP contribution < -0.4 is 44.0 Å². The number of nitrogens with zero attached hydrogens (tertiary/aromatic N) is 7. The molecule has 2 N–H and O–H groups in total. The summed E-state index contributed by atoms with van der Waals surface area (Å²) in [5.74, 6) is 6.31. The second kappa shape index (κ2) is 20.1. The van der Waals surface area contributed by atoms with Gasteiger partial charge in [-0.2, -0.15) is 0 Å². The third-order valence-corrected chi connectivity index (χ3v) is 12.1. The highest BCUT2D eigenvalue weighted by Gasteiger charge is 2.38. The molecule has 0 saturated carbocycles. The van der Waals surface area contributed by atoms with Crippen molar-refractivity contribution < 1.29 is 42.6 Å². The molecular weight excluding hydrogens is 823 g/mol. The molecule has 0 radical (unpaired) electrons. The molecule has 3 aromatic carbocycles. The second-order valence-corrected chi connectivity index (χ2v) is 16.2. The van der Waals surface area contributed by atoms with Gasteiger partial charge < -0.3 is 58.2 Å². The number of methoxy groups -OCH3 is 6. The topological polar surface area (TPSA) is 188 Å². The Bertz CT molecular complexity index is 2540. The largest absolute Gasteiger partial charge is 0.493 e. The van der Waals surface area contributed by atoms with Gasteiger partial charge in [0.15, 0.2) is 34.5 Å². The van der Waals surface area contributed by atoms with E-state index in [-0.39, 0.29) is 17.2 Å². The van der Waals surface area contributed by atoms with Crippen LogP contribution >= 0.6 is 0 Å². The highest BCUT2D eigenvalue weighted by molar-refractivity contribution is 5.96. The summed E-state index contributed by atoms with van der Waals surface area (Å²) >= 11 is 0. The Morgan fingerprint density at radius 2 is 1.11 bits per heavy atom. The second-order valence-electron chi connectivity index (χ2n) is 16.2. The van der Waals surface area contributed by atoms with Gasteiger partial charge in [-0.3, -0.25) is 0 Å². The fraction of sp³-hybridized carbons (Fsp3) is 0.478. The molecule has 18 nitrogen and oxygen atoms in total. The maximum atomic E-state index is 5.68. The van der Waals surface area contributed by atoms with Crippen molar-refractivity contribution in [2.45, 2.75) is 63.3 Å². The number of ether oxygens (including phenoxy) is 9. The quantitative estimate of drug-likeness (QED) is 0.131. The average Bonchev–Trinajstić information content (AvgIpc) is 4.10. The lowest BCUT2D eigenvalue weighted by atomic mass is 9.94. The third-order valence-electron chi connectivity index (χ3n) is 12.1. The lowest BCUT2D eigenvalue weighted by molar-refractivity contribution is 0.105. The molecule has 3 aromatic heterocycles. The van der Waals surface area contributed by atoms with Crippen LogP contribution in [0.25, 0.3) is 32.7 Å². The number of likely N-dealkylation sites (N-methyl/N-ethyl adjacent to an activating group) is 1. The molecule has 3 aliphatic rings. The first-order chi connectivity index (χ1) is 31.0. The maximum Gasteiger partial charge on any atom is 0.187 e. The molecule has 64 heavy (non-hydrogen) atoms. The monoisotopic (exact) mass is 881 g/mol. The third kappa shape index (κ3) is 9.35. The van der Waals surface area contributed by atoms with Crippen molar-refractivity contribution in [3.05, 3.63) is 55.4 Å². The predicted molar refractivity (Wildman–Crippen MR) is 245 cm³/mol. The molecule has 3 unspecified atom stereocenters. The Morgan fingerprint density at radius 1 is 0.594 bits per heavy atom. The molecule has 3 aliphatic heterocycles. The summed E-state index contributed by atoms with van der Waals surface area (Å²) in [6, 6.07) is 11.8. The number of aromatic nitrogens is 6. The molecule has 9 rings (SSSR count). The molecule has 18 heteroatoms. The summed E-state index contributed by atoms with van der Waals surface area (Å²) in [6.07, 6.45) is 7.65. The van der Waals surface area contributed by atoms with Crippen molar-refractivity contribution in [2.24, 2.45) is 0 Å². The van der Waals surface area contributed by atoms with E-state index in [1.54, 1.807) is 49.0 Å². The zero-order valence-corrected chi connectivity index (χ0v) is 38.3. The van der Waals surface area contributed by atoms with Crippen LogP contribution in [-0.4, -0.2) is 136 Å². The van der Waals surface area contributed by atoms with E-state index in [1.165, 1.54) is 12.7 Å². The van der Waals surface area contributed by atoms with Crippen molar-refractivity contribution in [1.29, 1.82) is 0 Å². The van der Waals surface area contributed by atoms with Gasteiger partial charge in [0.2, 0.25) is 0 Å². The van der Waals surface area contributed by atoms with Gasteiger partial charge in [0.05, 0.1) is 79.1 Å². The standard InChI is InChI=1S/C16H21N3O3.2C15H19N3O3/c1-10-16(2,7-8-22-10)19-15-11-5-6-12(20-3)14(21-4)13(11)17-9-18-15;1-18(10-6-7-21-8-10)15-11-4-5-12(19-2)14(20-3)13(11)16-9-17-15;1-15(6-7-21-8-15)18-14-10-4-5-11(19-2)13(20-3)12(10)16-9-17-14/h5-6,9-10H,7-8H2,1-4H3,(H,17,18,19);4-5,9-10H,6-8H2,1-3H3;4-5,9H,6-8H2,1-3H3,(H,16,17,18)/t;10-;/m.0./s1. The van der Waals surface area contributed by atoms with Gasteiger partial charge in [-0.25, -0.2) is 29.9 Å². The van der Waals surface area contributed by atoms with E-state index in [9.17, 15) is 0 Å². The smallest absolute Gasteiger partial charge is 0.187 e. The Kier molecular flexibility index (Phi) is 14.4. The molecule has 0 aliphatic carbocycles. The van der Waals surface area contributed by atoms with Crippen LogP contribution in [0, 0.1) is 0 Å². The number of fused-ring (bicyclic) bond motifs is 3. The number of anilines is 3. The van der Waals surface area contributed by atoms with Crippen molar-refractivity contribution >= 4 is 50.2 Å². The molecule has 0 bridgehead atoms. The normalized spacial score (nSPS) is 21.3. The average molecular weight is 882 g/mol. The minimum atomic E-state index is -0.144. The maximum absolute atomic E-state index is 5.68. The van der Waals surface area contributed by atoms with E-state index in [1.807, 2.05) is 43.4 Å². The van der Waals surface area contributed by atoms with Crippen molar-refractivity contribution in [2.75, 3.05) is 98.3 Å². The van der Waals surface area contributed by atoms with Crippen molar-refractivity contribution in [3.8, 4) is 34.5 Å². The number of benzene rings is 3. The number of nitrogens with one attached hydrogen (secondary N) is 2. The Hall–Kier alpha value is -6.24.